The minimum atomic E-state index is -0.137. The van der Waals surface area contributed by atoms with Gasteiger partial charge in [-0.05, 0) is 35.4 Å². The molecule has 1 saturated carbocycles. The summed E-state index contributed by atoms with van der Waals surface area (Å²) in [6.07, 6.45) is 3.88. The van der Waals surface area contributed by atoms with Gasteiger partial charge in [0, 0.05) is 38.1 Å². The van der Waals surface area contributed by atoms with Crippen LogP contribution in [0, 0.1) is 11.8 Å². The van der Waals surface area contributed by atoms with Gasteiger partial charge in [0.15, 0.2) is 0 Å². The molecule has 2 aromatic rings. The van der Waals surface area contributed by atoms with Gasteiger partial charge in [0.05, 0.1) is 17.4 Å². The number of amides is 1. The molecule has 1 aromatic heterocycles. The molecule has 3 atom stereocenters. The van der Waals surface area contributed by atoms with Gasteiger partial charge in [-0.25, -0.2) is 4.68 Å². The number of likely N-dealkylation sites (tertiary alicyclic amines) is 1. The van der Waals surface area contributed by atoms with Gasteiger partial charge in [-0.1, -0.05) is 0 Å². The maximum atomic E-state index is 12.8. The first-order valence-corrected chi connectivity index (χ1v) is 8.06. The quantitative estimate of drug-likeness (QED) is 0.898. The fraction of sp³-hybridized carbons (Fsp3) is 0.500. The number of nitrogens with zero attached hydrogens (tertiary/aromatic N) is 5. The van der Waals surface area contributed by atoms with E-state index in [0.717, 1.165) is 12.8 Å². The Kier molecular flexibility index (Phi) is 3.68. The van der Waals surface area contributed by atoms with E-state index >= 15 is 0 Å². The van der Waals surface area contributed by atoms with Crippen molar-refractivity contribution in [2.24, 2.45) is 11.8 Å². The van der Waals surface area contributed by atoms with Crippen LogP contribution in [0.5, 0.6) is 5.75 Å². The van der Waals surface area contributed by atoms with Crippen molar-refractivity contribution in [3.8, 4) is 11.4 Å². The summed E-state index contributed by atoms with van der Waals surface area (Å²) in [4.78, 5) is 14.6. The Morgan fingerprint density at radius 3 is 2.62 bits per heavy atom. The lowest BCUT2D eigenvalue weighted by molar-refractivity contribution is -0.0114. The highest BCUT2D eigenvalue weighted by Gasteiger charge is 2.43. The predicted molar refractivity (Wildman–Crippen MR) is 83.7 cm³/mol. The predicted octanol–water partition coefficient (Wildman–Crippen LogP) is 0.865. The molecule has 126 valence electrons. The van der Waals surface area contributed by atoms with Crippen LogP contribution in [0.4, 0.5) is 0 Å². The topological polar surface area (TPSA) is 93.4 Å². The fourth-order valence-corrected chi connectivity index (χ4v) is 4.02. The average Bonchev–Trinajstić information content (AvgIpc) is 3.20. The molecule has 1 N–H and O–H groups in total. The molecule has 1 amide bonds. The fourth-order valence-electron chi connectivity index (χ4n) is 4.02. The Labute approximate surface area is 139 Å². The first kappa shape index (κ1) is 15.1. The van der Waals surface area contributed by atoms with E-state index in [0.29, 0.717) is 36.2 Å². The van der Waals surface area contributed by atoms with E-state index < -0.39 is 0 Å². The first-order valence-electron chi connectivity index (χ1n) is 8.06. The van der Waals surface area contributed by atoms with Gasteiger partial charge in [0.1, 0.15) is 12.1 Å². The van der Waals surface area contributed by atoms with Crippen molar-refractivity contribution < 1.29 is 14.6 Å². The Bertz CT molecular complexity index is 734. The lowest BCUT2D eigenvalue weighted by atomic mass is 9.94. The van der Waals surface area contributed by atoms with Crippen LogP contribution in [-0.4, -0.2) is 62.4 Å². The van der Waals surface area contributed by atoms with Crippen LogP contribution in [0.15, 0.2) is 24.5 Å². The van der Waals surface area contributed by atoms with Gasteiger partial charge in [0.2, 0.25) is 0 Å². The molecule has 1 aliphatic carbocycles. The number of aromatic nitrogens is 4. The molecule has 24 heavy (non-hydrogen) atoms. The maximum absolute atomic E-state index is 12.8. The minimum Gasteiger partial charge on any atom is -0.507 e. The molecule has 8 heteroatoms. The number of rotatable bonds is 3. The average molecular weight is 329 g/mol. The van der Waals surface area contributed by atoms with Crippen LogP contribution in [-0.2, 0) is 4.74 Å². The Morgan fingerprint density at radius 2 is 2.04 bits per heavy atom. The lowest BCUT2D eigenvalue weighted by Crippen LogP contribution is -2.48. The van der Waals surface area contributed by atoms with Crippen molar-refractivity contribution in [2.45, 2.75) is 18.9 Å². The molecule has 2 bridgehead atoms. The van der Waals surface area contributed by atoms with Crippen molar-refractivity contribution in [2.75, 3.05) is 20.2 Å². The van der Waals surface area contributed by atoms with Crippen molar-refractivity contribution in [1.82, 2.24) is 25.1 Å². The van der Waals surface area contributed by atoms with E-state index in [1.807, 2.05) is 4.90 Å². The summed E-state index contributed by atoms with van der Waals surface area (Å²) in [5, 5.41) is 21.2. The number of phenolic OH excluding ortho intramolecular Hbond substituents is 1. The number of methoxy groups -OCH3 is 1. The summed E-state index contributed by atoms with van der Waals surface area (Å²) in [6, 6.07) is 4.85. The zero-order chi connectivity index (χ0) is 16.7. The van der Waals surface area contributed by atoms with Crippen LogP contribution in [0.2, 0.25) is 0 Å². The molecule has 8 nitrogen and oxygen atoms in total. The summed E-state index contributed by atoms with van der Waals surface area (Å²) >= 11 is 0. The van der Waals surface area contributed by atoms with E-state index in [1.165, 1.54) is 17.1 Å². The van der Waals surface area contributed by atoms with Gasteiger partial charge < -0.3 is 14.7 Å². The van der Waals surface area contributed by atoms with Crippen molar-refractivity contribution in [1.29, 1.82) is 0 Å². The number of fused-ring (bicyclic) bond motifs is 2. The molecule has 0 spiro atoms. The SMILES string of the molecule is COC1[C@@H]2CC[C@H]1CN(C(=O)c1ccc(-n3cnnn3)cc1O)C2. The molecule has 1 aromatic carbocycles. The second-order valence-electron chi connectivity index (χ2n) is 6.46. The zero-order valence-electron chi connectivity index (χ0n) is 13.4. The molecule has 2 fully saturated rings. The van der Waals surface area contributed by atoms with Crippen molar-refractivity contribution >= 4 is 5.91 Å². The maximum Gasteiger partial charge on any atom is 0.257 e. The molecule has 0 radical (unpaired) electrons. The molecule has 1 aliphatic heterocycles. The third kappa shape index (κ3) is 2.43. The third-order valence-electron chi connectivity index (χ3n) is 5.13. The van der Waals surface area contributed by atoms with Gasteiger partial charge in [-0.2, -0.15) is 0 Å². The number of tetrazole rings is 1. The number of aromatic hydroxyl groups is 1. The lowest BCUT2D eigenvalue weighted by Gasteiger charge is -2.37. The second kappa shape index (κ2) is 5.86. The number of phenols is 1. The summed E-state index contributed by atoms with van der Waals surface area (Å²) in [6.45, 7) is 1.37. The smallest absolute Gasteiger partial charge is 0.257 e. The van der Waals surface area contributed by atoms with E-state index in [1.54, 1.807) is 19.2 Å². The van der Waals surface area contributed by atoms with E-state index in [9.17, 15) is 9.90 Å². The van der Waals surface area contributed by atoms with Crippen LogP contribution < -0.4 is 0 Å². The molecule has 4 rings (SSSR count). The summed E-state index contributed by atoms with van der Waals surface area (Å²) in [5.41, 5.74) is 0.911. The number of benzene rings is 1. The first-order chi connectivity index (χ1) is 11.7. The number of carbonyl (C=O) groups excluding carboxylic acids is 1. The molecule has 1 saturated heterocycles. The number of hydrogen-bond acceptors (Lipinski definition) is 6. The minimum absolute atomic E-state index is 0.0609. The van der Waals surface area contributed by atoms with Crippen LogP contribution in [0.3, 0.4) is 0 Å². The second-order valence-corrected chi connectivity index (χ2v) is 6.46. The number of carbonyl (C=O) groups is 1. The highest BCUT2D eigenvalue weighted by molar-refractivity contribution is 5.97. The summed E-state index contributed by atoms with van der Waals surface area (Å²) < 4.78 is 7.01. The number of ether oxygens (including phenoxy) is 1. The van der Waals surface area contributed by atoms with Crippen LogP contribution in [0.25, 0.3) is 5.69 Å². The van der Waals surface area contributed by atoms with Crippen molar-refractivity contribution in [3.05, 3.63) is 30.1 Å². The molecular formula is C16H19N5O3. The Hall–Kier alpha value is -2.48. The van der Waals surface area contributed by atoms with Gasteiger partial charge in [-0.15, -0.1) is 5.10 Å². The van der Waals surface area contributed by atoms with Crippen LogP contribution in [0.1, 0.15) is 23.2 Å². The van der Waals surface area contributed by atoms with E-state index in [2.05, 4.69) is 15.5 Å². The number of hydrogen-bond donors (Lipinski definition) is 1. The molecule has 1 unspecified atom stereocenters. The standard InChI is InChI=1S/C16H19N5O3/c1-24-15-10-2-3-11(15)8-20(7-10)16(23)13-5-4-12(6-14(13)22)21-9-17-18-19-21/h4-6,9-11,15,22H,2-3,7-8H2,1H3/t10-,11+,15?. The van der Waals surface area contributed by atoms with E-state index in [-0.39, 0.29) is 17.8 Å². The van der Waals surface area contributed by atoms with Crippen LogP contribution >= 0.6 is 0 Å². The highest BCUT2D eigenvalue weighted by atomic mass is 16.5. The van der Waals surface area contributed by atoms with Crippen molar-refractivity contribution in [3.63, 3.8) is 0 Å². The zero-order valence-corrected chi connectivity index (χ0v) is 13.4. The van der Waals surface area contributed by atoms with E-state index in [4.69, 9.17) is 4.74 Å². The number of piperidine rings is 1. The van der Waals surface area contributed by atoms with Gasteiger partial charge >= 0.3 is 0 Å². The largest absolute Gasteiger partial charge is 0.507 e. The normalized spacial score (nSPS) is 25.9. The summed E-state index contributed by atoms with van der Waals surface area (Å²) in [5.74, 6) is 0.581. The monoisotopic (exact) mass is 329 g/mol. The Morgan fingerprint density at radius 1 is 1.29 bits per heavy atom. The van der Waals surface area contributed by atoms with Gasteiger partial charge in [0.25, 0.3) is 5.91 Å². The third-order valence-corrected chi connectivity index (χ3v) is 5.13. The summed E-state index contributed by atoms with van der Waals surface area (Å²) in [7, 11) is 1.75. The highest BCUT2D eigenvalue weighted by Crippen LogP contribution is 2.39. The molecule has 2 aliphatic rings. The van der Waals surface area contributed by atoms with Gasteiger partial charge in [-0.3, -0.25) is 4.79 Å². The molecular weight excluding hydrogens is 310 g/mol. The molecule has 2 heterocycles. The Balaban J connectivity index is 1.55.